The number of hydrogen-bond donors (Lipinski definition) is 3. The summed E-state index contributed by atoms with van der Waals surface area (Å²) >= 11 is 0. The minimum Gasteiger partial charge on any atom is -0.481 e. The number of likely N-dealkylation sites (tertiary alicyclic amines) is 2. The first kappa shape index (κ1) is 42.5. The van der Waals surface area contributed by atoms with Crippen molar-refractivity contribution in [2.45, 2.75) is 56.7 Å². The Morgan fingerprint density at radius 2 is 1.45 bits per heavy atom. The lowest BCUT2D eigenvalue weighted by Crippen LogP contribution is -2.52. The molecule has 3 aliphatic rings. The normalized spacial score (nSPS) is 20.6. The first-order valence-electron chi connectivity index (χ1n) is 14.8. The highest BCUT2D eigenvalue weighted by Crippen LogP contribution is 2.50. The van der Waals surface area contributed by atoms with E-state index in [1.54, 1.807) is 13.3 Å². The third kappa shape index (κ3) is 12.3. The van der Waals surface area contributed by atoms with Crippen LogP contribution in [0.15, 0.2) is 30.6 Å². The molecule has 13 nitrogen and oxygen atoms in total. The summed E-state index contributed by atoms with van der Waals surface area (Å²) in [5, 5.41) is 25.8. The molecule has 3 N–H and O–H groups in total. The van der Waals surface area contributed by atoms with E-state index in [0.29, 0.717) is 11.8 Å². The first-order chi connectivity index (χ1) is 23.4. The average molecular weight is 752 g/mol. The van der Waals surface area contributed by atoms with E-state index in [4.69, 9.17) is 34.4 Å². The molecule has 4 heterocycles. The fourth-order valence-electron chi connectivity index (χ4n) is 5.56. The monoisotopic (exact) mass is 751 g/mol. The van der Waals surface area contributed by atoms with Crippen molar-refractivity contribution in [1.82, 2.24) is 24.6 Å². The molecule has 1 aliphatic carbocycles. The van der Waals surface area contributed by atoms with E-state index < -0.39 is 36.4 Å². The largest absolute Gasteiger partial charge is 0.490 e. The van der Waals surface area contributed by atoms with Crippen LogP contribution in [0.4, 0.5) is 39.5 Å². The summed E-state index contributed by atoms with van der Waals surface area (Å²) in [5.74, 6) is -6.38. The Bertz CT molecular complexity index is 1450. The number of pyridine rings is 1. The van der Waals surface area contributed by atoms with Crippen molar-refractivity contribution in [3.63, 3.8) is 0 Å². The molecule has 0 bridgehead atoms. The third-order valence-corrected chi connectivity index (χ3v) is 7.93. The SMILES string of the molecule is COc1ncccc1CN1C[C@@H](c2ccnn2C)[C@@]2(CCCN(CC3CC3)C2=O)C1.O=C(O)C(F)(F)F.O=C(O)C(F)(F)F.O=C(O)C(F)(F)F. The lowest BCUT2D eigenvalue weighted by molar-refractivity contribution is -0.193. The molecule has 0 radical (unpaired) electrons. The van der Waals surface area contributed by atoms with Gasteiger partial charge in [0.1, 0.15) is 0 Å². The van der Waals surface area contributed by atoms with Gasteiger partial charge in [0.15, 0.2) is 0 Å². The number of aryl methyl sites for hydroxylation is 1. The zero-order chi connectivity index (χ0) is 38.9. The molecule has 2 aliphatic heterocycles. The number of methoxy groups -OCH3 is 1. The van der Waals surface area contributed by atoms with Crippen molar-refractivity contribution in [2.24, 2.45) is 18.4 Å². The number of aromatic nitrogens is 3. The van der Waals surface area contributed by atoms with Gasteiger partial charge in [-0.05, 0) is 43.7 Å². The Morgan fingerprint density at radius 3 is 1.88 bits per heavy atom. The van der Waals surface area contributed by atoms with Crippen LogP contribution in [0.5, 0.6) is 5.88 Å². The molecule has 0 aromatic carbocycles. The van der Waals surface area contributed by atoms with Crippen LogP contribution >= 0.6 is 0 Å². The van der Waals surface area contributed by atoms with E-state index in [0.717, 1.165) is 62.7 Å². The molecule has 1 saturated carbocycles. The standard InChI is InChI=1S/C23H31N5O2.3C2HF3O2/c1-26-20(8-11-25-26)19-15-27(14-18-5-3-10-24-21(18)30-2)16-23(19)9-4-12-28(22(23)29)13-17-6-7-17;3*3-2(4,5)1(6)7/h3,5,8,10-11,17,19H,4,6-7,9,12-16H2,1-2H3;3*(H,6,7)/t19-,23+;;;/m0.../s1. The topological polar surface area (TPSA) is 175 Å². The number of halogens is 9. The number of aliphatic carboxylic acids is 3. The molecule has 286 valence electrons. The van der Waals surface area contributed by atoms with Crippen molar-refractivity contribution in [3.8, 4) is 5.88 Å². The fourth-order valence-corrected chi connectivity index (χ4v) is 5.56. The van der Waals surface area contributed by atoms with Gasteiger partial charge < -0.3 is 25.0 Å². The fraction of sp³-hybridized carbons (Fsp3) is 0.586. The Labute approximate surface area is 283 Å². The van der Waals surface area contributed by atoms with Crippen molar-refractivity contribution in [1.29, 1.82) is 0 Å². The van der Waals surface area contributed by atoms with E-state index in [1.807, 2.05) is 24.0 Å². The van der Waals surface area contributed by atoms with Crippen LogP contribution in [0, 0.1) is 11.3 Å². The summed E-state index contributed by atoms with van der Waals surface area (Å²) in [6.07, 6.45) is -7.07. The average Bonchev–Trinajstić information content (AvgIpc) is 3.63. The molecular weight excluding hydrogens is 717 g/mol. The van der Waals surface area contributed by atoms with Gasteiger partial charge in [-0.1, -0.05) is 6.07 Å². The number of carboxylic acid groups (broad SMARTS) is 3. The quantitative estimate of drug-likeness (QED) is 0.358. The predicted octanol–water partition coefficient (Wildman–Crippen LogP) is 4.34. The zero-order valence-corrected chi connectivity index (χ0v) is 26.9. The number of carbonyl (C=O) groups is 4. The van der Waals surface area contributed by atoms with Gasteiger partial charge >= 0.3 is 36.4 Å². The summed E-state index contributed by atoms with van der Waals surface area (Å²) in [7, 11) is 3.65. The van der Waals surface area contributed by atoms with Crippen molar-refractivity contribution in [2.75, 3.05) is 33.3 Å². The van der Waals surface area contributed by atoms with Crippen LogP contribution < -0.4 is 4.74 Å². The smallest absolute Gasteiger partial charge is 0.481 e. The number of carbonyl (C=O) groups excluding carboxylic acids is 1. The lowest BCUT2D eigenvalue weighted by atomic mass is 9.70. The highest BCUT2D eigenvalue weighted by molar-refractivity contribution is 5.85. The van der Waals surface area contributed by atoms with Gasteiger partial charge in [-0.2, -0.15) is 44.6 Å². The molecule has 22 heteroatoms. The van der Waals surface area contributed by atoms with Gasteiger partial charge in [-0.25, -0.2) is 19.4 Å². The first-order valence-corrected chi connectivity index (χ1v) is 14.8. The van der Waals surface area contributed by atoms with Gasteiger partial charge in [-0.3, -0.25) is 14.4 Å². The van der Waals surface area contributed by atoms with Crippen LogP contribution in [0.3, 0.4) is 0 Å². The van der Waals surface area contributed by atoms with E-state index in [9.17, 15) is 44.3 Å². The zero-order valence-electron chi connectivity index (χ0n) is 26.9. The number of carboxylic acids is 3. The summed E-state index contributed by atoms with van der Waals surface area (Å²) in [5.41, 5.74) is 1.87. The Hall–Kier alpha value is -4.63. The number of ether oxygens (including phenoxy) is 1. The maximum atomic E-state index is 13.9. The van der Waals surface area contributed by atoms with Crippen LogP contribution in [0.2, 0.25) is 0 Å². The highest BCUT2D eigenvalue weighted by Gasteiger charge is 2.56. The Kier molecular flexibility index (Phi) is 14.2. The van der Waals surface area contributed by atoms with Gasteiger partial charge in [0.05, 0.1) is 12.5 Å². The minimum absolute atomic E-state index is 0.155. The molecule has 2 saturated heterocycles. The molecule has 2 aromatic heterocycles. The maximum Gasteiger partial charge on any atom is 0.490 e. The number of hydrogen-bond acceptors (Lipinski definition) is 8. The molecule has 0 unspecified atom stereocenters. The second-order valence-corrected chi connectivity index (χ2v) is 11.6. The number of rotatable bonds is 6. The van der Waals surface area contributed by atoms with Gasteiger partial charge in [0, 0.05) is 69.3 Å². The highest BCUT2D eigenvalue weighted by atomic mass is 19.4. The lowest BCUT2D eigenvalue weighted by Gasteiger charge is -2.42. The number of nitrogens with zero attached hydrogens (tertiary/aromatic N) is 5. The second kappa shape index (κ2) is 17.1. The summed E-state index contributed by atoms with van der Waals surface area (Å²) < 4.78 is 103. The minimum atomic E-state index is -5.08. The second-order valence-electron chi connectivity index (χ2n) is 11.6. The van der Waals surface area contributed by atoms with Crippen LogP contribution in [-0.2, 0) is 32.8 Å². The van der Waals surface area contributed by atoms with Crippen molar-refractivity contribution in [3.05, 3.63) is 41.9 Å². The third-order valence-electron chi connectivity index (χ3n) is 7.93. The van der Waals surface area contributed by atoms with E-state index in [1.165, 1.54) is 12.8 Å². The predicted molar refractivity (Wildman–Crippen MR) is 154 cm³/mol. The molecule has 5 rings (SSSR count). The summed E-state index contributed by atoms with van der Waals surface area (Å²) in [6, 6.07) is 6.11. The molecule has 1 amide bonds. The van der Waals surface area contributed by atoms with Crippen LogP contribution in [0.25, 0.3) is 0 Å². The molecule has 1 spiro atoms. The molecular formula is C29H34F9N5O8. The van der Waals surface area contributed by atoms with Crippen LogP contribution in [-0.4, -0.2) is 116 Å². The van der Waals surface area contributed by atoms with Crippen molar-refractivity contribution < 1.29 is 78.7 Å². The van der Waals surface area contributed by atoms with E-state index >= 15 is 0 Å². The molecule has 51 heavy (non-hydrogen) atoms. The van der Waals surface area contributed by atoms with Gasteiger partial charge in [-0.15, -0.1) is 0 Å². The molecule has 3 fully saturated rings. The van der Waals surface area contributed by atoms with Crippen molar-refractivity contribution >= 4 is 23.8 Å². The van der Waals surface area contributed by atoms with E-state index in [-0.39, 0.29) is 11.3 Å². The Balaban J connectivity index is 0.000000352. The van der Waals surface area contributed by atoms with Gasteiger partial charge in [0.2, 0.25) is 11.8 Å². The maximum absolute atomic E-state index is 13.9. The number of alkyl halides is 9. The number of amides is 1. The molecule has 2 atom stereocenters. The summed E-state index contributed by atoms with van der Waals surface area (Å²) in [4.78, 5) is 49.5. The van der Waals surface area contributed by atoms with E-state index in [2.05, 4.69) is 32.0 Å². The molecule has 2 aromatic rings. The summed E-state index contributed by atoms with van der Waals surface area (Å²) in [6.45, 7) is 4.21. The Morgan fingerprint density at radius 1 is 0.922 bits per heavy atom. The number of piperidine rings is 1. The van der Waals surface area contributed by atoms with Gasteiger partial charge in [0.25, 0.3) is 0 Å². The van der Waals surface area contributed by atoms with Crippen LogP contribution in [0.1, 0.15) is 42.9 Å².